The molecule has 0 aromatic heterocycles. The van der Waals surface area contributed by atoms with Crippen molar-refractivity contribution in [3.8, 4) is 17.2 Å². The van der Waals surface area contributed by atoms with E-state index in [0.29, 0.717) is 0 Å². The SMILES string of the molecule is CC1(C)OCC(C2OC(=O)C(=O)C2OC(=O)c2cc(O)c(O)c(O)c2)O1. The molecule has 1 aromatic carbocycles. The maximum absolute atomic E-state index is 12.2. The molecule has 10 heteroatoms. The summed E-state index contributed by atoms with van der Waals surface area (Å²) < 4.78 is 20.9. The second kappa shape index (κ2) is 6.15. The Balaban J connectivity index is 1.81. The summed E-state index contributed by atoms with van der Waals surface area (Å²) in [5, 5.41) is 28.2. The molecule has 3 unspecified atom stereocenters. The van der Waals surface area contributed by atoms with E-state index in [-0.39, 0.29) is 12.2 Å². The van der Waals surface area contributed by atoms with Gasteiger partial charge in [0.2, 0.25) is 6.10 Å². The standard InChI is InChI=1S/C16H16O10/c1-16(2)23-5-9(26-16)12-13(11(20)15(22)24-12)25-14(21)6-3-7(17)10(19)8(18)4-6/h3-4,9,12-13,17-19H,5H2,1-2H3. The summed E-state index contributed by atoms with van der Waals surface area (Å²) in [7, 11) is 0. The molecule has 2 aliphatic rings. The summed E-state index contributed by atoms with van der Waals surface area (Å²) in [4.78, 5) is 35.9. The van der Waals surface area contributed by atoms with Gasteiger partial charge in [0.25, 0.3) is 5.78 Å². The fourth-order valence-electron chi connectivity index (χ4n) is 2.68. The lowest BCUT2D eigenvalue weighted by Gasteiger charge is -2.23. The maximum Gasteiger partial charge on any atom is 0.379 e. The molecule has 1 aromatic rings. The molecule has 26 heavy (non-hydrogen) atoms. The number of carbonyl (C=O) groups is 3. The summed E-state index contributed by atoms with van der Waals surface area (Å²) >= 11 is 0. The number of ether oxygens (including phenoxy) is 4. The van der Waals surface area contributed by atoms with Gasteiger partial charge in [-0.15, -0.1) is 0 Å². The van der Waals surface area contributed by atoms with Crippen molar-refractivity contribution in [1.82, 2.24) is 0 Å². The largest absolute Gasteiger partial charge is 0.504 e. The monoisotopic (exact) mass is 368 g/mol. The van der Waals surface area contributed by atoms with Crippen molar-refractivity contribution in [1.29, 1.82) is 0 Å². The van der Waals surface area contributed by atoms with E-state index in [0.717, 1.165) is 12.1 Å². The molecule has 0 spiro atoms. The van der Waals surface area contributed by atoms with Crippen LogP contribution in [-0.4, -0.2) is 63.7 Å². The number of phenolic OH excluding ortho intramolecular Hbond substituents is 3. The number of Topliss-reactive ketones (excluding diaryl/α,β-unsaturated/α-hetero) is 1. The van der Waals surface area contributed by atoms with Gasteiger partial charge in [-0.25, -0.2) is 9.59 Å². The predicted octanol–water partition coefficient (Wildman–Crippen LogP) is -0.0252. The van der Waals surface area contributed by atoms with Crippen LogP contribution in [0.15, 0.2) is 12.1 Å². The molecule has 3 atom stereocenters. The molecule has 2 heterocycles. The van der Waals surface area contributed by atoms with Gasteiger partial charge < -0.3 is 34.3 Å². The van der Waals surface area contributed by atoms with E-state index >= 15 is 0 Å². The Morgan fingerprint density at radius 3 is 2.35 bits per heavy atom. The van der Waals surface area contributed by atoms with Crippen LogP contribution in [0.4, 0.5) is 0 Å². The quantitative estimate of drug-likeness (QED) is 0.377. The predicted molar refractivity (Wildman–Crippen MR) is 80.4 cm³/mol. The van der Waals surface area contributed by atoms with E-state index < -0.39 is 59.1 Å². The first-order valence-electron chi connectivity index (χ1n) is 7.61. The van der Waals surface area contributed by atoms with Gasteiger partial charge >= 0.3 is 11.9 Å². The van der Waals surface area contributed by atoms with Gasteiger partial charge in [-0.2, -0.15) is 0 Å². The molecule has 140 valence electrons. The minimum Gasteiger partial charge on any atom is -0.504 e. The molecule has 0 radical (unpaired) electrons. The van der Waals surface area contributed by atoms with Crippen LogP contribution < -0.4 is 0 Å². The lowest BCUT2D eigenvalue weighted by molar-refractivity contribution is -0.166. The summed E-state index contributed by atoms with van der Waals surface area (Å²) in [6, 6.07) is 1.68. The van der Waals surface area contributed by atoms with Crippen LogP contribution in [0.1, 0.15) is 24.2 Å². The topological polar surface area (TPSA) is 149 Å². The zero-order chi connectivity index (χ0) is 19.2. The van der Waals surface area contributed by atoms with Crippen LogP contribution in [0.25, 0.3) is 0 Å². The molecule has 2 saturated heterocycles. The van der Waals surface area contributed by atoms with Crippen LogP contribution in [0, 0.1) is 0 Å². The van der Waals surface area contributed by atoms with Crippen LogP contribution in [0.3, 0.4) is 0 Å². The van der Waals surface area contributed by atoms with Crippen LogP contribution >= 0.6 is 0 Å². The molecular weight excluding hydrogens is 352 g/mol. The molecule has 0 aliphatic carbocycles. The van der Waals surface area contributed by atoms with Gasteiger partial charge in [0.05, 0.1) is 12.2 Å². The van der Waals surface area contributed by atoms with Crippen molar-refractivity contribution >= 4 is 17.7 Å². The summed E-state index contributed by atoms with van der Waals surface area (Å²) in [6.07, 6.45) is -3.59. The Hall–Kier alpha value is -2.85. The lowest BCUT2D eigenvalue weighted by Crippen LogP contribution is -2.42. The molecule has 0 saturated carbocycles. The Kier molecular flexibility index (Phi) is 4.24. The number of aromatic hydroxyl groups is 3. The van der Waals surface area contributed by atoms with Gasteiger partial charge in [-0.3, -0.25) is 4.79 Å². The third-order valence-electron chi connectivity index (χ3n) is 3.94. The number of esters is 2. The summed E-state index contributed by atoms with van der Waals surface area (Å²) in [6.45, 7) is 3.29. The minimum absolute atomic E-state index is 0.0209. The zero-order valence-electron chi connectivity index (χ0n) is 13.8. The third kappa shape index (κ3) is 3.16. The first-order valence-corrected chi connectivity index (χ1v) is 7.61. The average Bonchev–Trinajstić information content (AvgIpc) is 3.06. The number of benzene rings is 1. The number of cyclic esters (lactones) is 1. The first-order chi connectivity index (χ1) is 12.1. The minimum atomic E-state index is -1.57. The first kappa shape index (κ1) is 18.0. The van der Waals surface area contributed by atoms with Crippen molar-refractivity contribution in [2.24, 2.45) is 0 Å². The van der Waals surface area contributed by atoms with Gasteiger partial charge in [-0.1, -0.05) is 0 Å². The molecule has 3 N–H and O–H groups in total. The van der Waals surface area contributed by atoms with E-state index in [4.69, 9.17) is 18.9 Å². The molecule has 2 aliphatic heterocycles. The highest BCUT2D eigenvalue weighted by Crippen LogP contribution is 2.36. The number of hydrogen-bond acceptors (Lipinski definition) is 10. The Bertz CT molecular complexity index is 760. The fraction of sp³-hybridized carbons (Fsp3) is 0.438. The Morgan fingerprint density at radius 2 is 1.81 bits per heavy atom. The highest BCUT2D eigenvalue weighted by atomic mass is 16.8. The second-order valence-corrected chi connectivity index (χ2v) is 6.29. The normalized spacial score (nSPS) is 27.4. The number of carbonyl (C=O) groups excluding carboxylic acids is 3. The molecular formula is C16H16O10. The number of phenols is 3. The fourth-order valence-corrected chi connectivity index (χ4v) is 2.68. The average molecular weight is 368 g/mol. The lowest BCUT2D eigenvalue weighted by atomic mass is 10.1. The van der Waals surface area contributed by atoms with Gasteiger partial charge in [0.15, 0.2) is 29.1 Å². The zero-order valence-corrected chi connectivity index (χ0v) is 13.8. The Morgan fingerprint density at radius 1 is 1.19 bits per heavy atom. The van der Waals surface area contributed by atoms with Crippen LogP contribution in [-0.2, 0) is 28.5 Å². The van der Waals surface area contributed by atoms with E-state index in [9.17, 15) is 29.7 Å². The van der Waals surface area contributed by atoms with Crippen LogP contribution in [0.5, 0.6) is 17.2 Å². The number of hydrogen-bond donors (Lipinski definition) is 3. The second-order valence-electron chi connectivity index (χ2n) is 6.29. The summed E-state index contributed by atoms with van der Waals surface area (Å²) in [5.74, 6) is -6.63. The van der Waals surface area contributed by atoms with Crippen molar-refractivity contribution in [3.63, 3.8) is 0 Å². The number of rotatable bonds is 3. The van der Waals surface area contributed by atoms with E-state index in [2.05, 4.69) is 0 Å². The molecule has 10 nitrogen and oxygen atoms in total. The Labute approximate surface area is 146 Å². The van der Waals surface area contributed by atoms with Gasteiger partial charge in [-0.05, 0) is 26.0 Å². The van der Waals surface area contributed by atoms with Gasteiger partial charge in [0, 0.05) is 0 Å². The molecule has 3 rings (SSSR count). The highest BCUT2D eigenvalue weighted by Gasteiger charge is 2.53. The molecule has 0 bridgehead atoms. The van der Waals surface area contributed by atoms with Crippen molar-refractivity contribution < 1.29 is 48.7 Å². The smallest absolute Gasteiger partial charge is 0.379 e. The highest BCUT2D eigenvalue weighted by molar-refractivity contribution is 6.37. The van der Waals surface area contributed by atoms with Gasteiger partial charge in [0.1, 0.15) is 6.10 Å². The summed E-state index contributed by atoms with van der Waals surface area (Å²) in [5.41, 5.74) is -0.340. The molecule has 2 fully saturated rings. The molecule has 0 amide bonds. The van der Waals surface area contributed by atoms with E-state index in [1.54, 1.807) is 13.8 Å². The van der Waals surface area contributed by atoms with Crippen LogP contribution in [0.2, 0.25) is 0 Å². The van der Waals surface area contributed by atoms with E-state index in [1.165, 1.54) is 0 Å². The van der Waals surface area contributed by atoms with Crippen molar-refractivity contribution in [2.75, 3.05) is 6.61 Å². The maximum atomic E-state index is 12.2. The number of ketones is 1. The third-order valence-corrected chi connectivity index (χ3v) is 3.94. The van der Waals surface area contributed by atoms with Crippen molar-refractivity contribution in [3.05, 3.63) is 17.7 Å². The van der Waals surface area contributed by atoms with E-state index in [1.807, 2.05) is 0 Å². The van der Waals surface area contributed by atoms with Crippen molar-refractivity contribution in [2.45, 2.75) is 37.9 Å².